The average molecular weight is 355 g/mol. The van der Waals surface area contributed by atoms with Gasteiger partial charge in [-0.15, -0.1) is 0 Å². The zero-order chi connectivity index (χ0) is 18.6. The molecule has 25 heavy (non-hydrogen) atoms. The molecule has 0 aliphatic heterocycles. The number of benzene rings is 2. The first-order valence-electron chi connectivity index (χ1n) is 7.38. The monoisotopic (exact) mass is 355 g/mol. The maximum atomic E-state index is 13.2. The van der Waals surface area contributed by atoms with Crippen LogP contribution in [0.25, 0.3) is 10.8 Å². The van der Waals surface area contributed by atoms with Crippen molar-refractivity contribution < 1.29 is 32.2 Å². The van der Waals surface area contributed by atoms with Gasteiger partial charge in [-0.2, -0.15) is 13.2 Å². The summed E-state index contributed by atoms with van der Waals surface area (Å²) in [6.07, 6.45) is -7.05. The Labute approximate surface area is 141 Å². The lowest BCUT2D eigenvalue weighted by Gasteiger charge is -2.30. The molecule has 1 atom stereocenters. The van der Waals surface area contributed by atoms with Gasteiger partial charge in [-0.05, 0) is 18.4 Å². The number of methoxy groups -OCH3 is 1. The topological polar surface area (TPSA) is 55.8 Å². The SMILES string of the molecule is CCO[C@@H](C(=O)OC)N(C(=O)C(F)(F)F)c1cccc2ccccc12. The third kappa shape index (κ3) is 3.90. The molecule has 0 bridgehead atoms. The second kappa shape index (κ2) is 7.52. The van der Waals surface area contributed by atoms with E-state index in [9.17, 15) is 22.8 Å². The maximum absolute atomic E-state index is 13.2. The van der Waals surface area contributed by atoms with Gasteiger partial charge in [0.1, 0.15) is 0 Å². The Kier molecular flexibility index (Phi) is 5.63. The van der Waals surface area contributed by atoms with E-state index in [-0.39, 0.29) is 17.2 Å². The van der Waals surface area contributed by atoms with E-state index in [1.165, 1.54) is 19.1 Å². The minimum atomic E-state index is -5.19. The predicted octanol–water partition coefficient (Wildman–Crippen LogP) is 3.27. The summed E-state index contributed by atoms with van der Waals surface area (Å²) < 4.78 is 49.1. The molecule has 1 amide bonds. The van der Waals surface area contributed by atoms with Crippen LogP contribution in [-0.2, 0) is 19.1 Å². The number of alkyl halides is 3. The number of esters is 1. The Balaban J connectivity index is 2.69. The first-order chi connectivity index (χ1) is 11.8. The summed E-state index contributed by atoms with van der Waals surface area (Å²) in [7, 11) is 1.01. The number of nitrogens with zero attached hydrogens (tertiary/aromatic N) is 1. The molecule has 8 heteroatoms. The molecule has 2 rings (SSSR count). The number of hydrogen-bond donors (Lipinski definition) is 0. The molecule has 134 valence electrons. The first kappa shape index (κ1) is 18.7. The van der Waals surface area contributed by atoms with E-state index < -0.39 is 24.3 Å². The second-order valence-corrected chi connectivity index (χ2v) is 5.00. The molecular formula is C17H16F3NO4. The van der Waals surface area contributed by atoms with E-state index in [1.54, 1.807) is 30.3 Å². The molecule has 0 saturated carbocycles. The van der Waals surface area contributed by atoms with E-state index >= 15 is 0 Å². The largest absolute Gasteiger partial charge is 0.471 e. The quantitative estimate of drug-likeness (QED) is 0.610. The van der Waals surface area contributed by atoms with Crippen molar-refractivity contribution in [2.75, 3.05) is 18.6 Å². The summed E-state index contributed by atoms with van der Waals surface area (Å²) in [6, 6.07) is 11.1. The van der Waals surface area contributed by atoms with Crippen LogP contribution >= 0.6 is 0 Å². The van der Waals surface area contributed by atoms with Gasteiger partial charge in [0.05, 0.1) is 12.8 Å². The van der Waals surface area contributed by atoms with E-state index in [2.05, 4.69) is 4.74 Å². The van der Waals surface area contributed by atoms with E-state index in [0.717, 1.165) is 7.11 Å². The predicted molar refractivity (Wildman–Crippen MR) is 84.9 cm³/mol. The van der Waals surface area contributed by atoms with Gasteiger partial charge in [0.25, 0.3) is 0 Å². The molecule has 0 fully saturated rings. The third-order valence-electron chi connectivity index (χ3n) is 3.45. The molecule has 0 aliphatic rings. The van der Waals surface area contributed by atoms with Gasteiger partial charge >= 0.3 is 18.1 Å². The van der Waals surface area contributed by atoms with Crippen molar-refractivity contribution in [3.05, 3.63) is 42.5 Å². The Bertz CT molecular complexity index is 771. The molecule has 0 aromatic heterocycles. The van der Waals surface area contributed by atoms with Crippen LogP contribution in [0.1, 0.15) is 6.92 Å². The summed E-state index contributed by atoms with van der Waals surface area (Å²) in [6.45, 7) is 1.40. The number of hydrogen-bond acceptors (Lipinski definition) is 4. The number of rotatable bonds is 5. The molecule has 0 radical (unpaired) electrons. The van der Waals surface area contributed by atoms with Crippen LogP contribution in [0.4, 0.5) is 18.9 Å². The summed E-state index contributed by atoms with van der Waals surface area (Å²) in [4.78, 5) is 24.3. The van der Waals surface area contributed by atoms with E-state index in [4.69, 9.17) is 4.74 Å². The molecule has 0 spiro atoms. The second-order valence-electron chi connectivity index (χ2n) is 5.00. The number of anilines is 1. The van der Waals surface area contributed by atoms with Crippen LogP contribution in [-0.4, -0.2) is 38.0 Å². The highest BCUT2D eigenvalue weighted by Gasteiger charge is 2.48. The van der Waals surface area contributed by atoms with Gasteiger partial charge in [0, 0.05) is 12.0 Å². The van der Waals surface area contributed by atoms with Gasteiger partial charge in [-0.1, -0.05) is 36.4 Å². The van der Waals surface area contributed by atoms with Gasteiger partial charge < -0.3 is 9.47 Å². The minimum absolute atomic E-state index is 0.0911. The van der Waals surface area contributed by atoms with Crippen molar-refractivity contribution in [3.8, 4) is 0 Å². The van der Waals surface area contributed by atoms with Crippen molar-refractivity contribution in [3.63, 3.8) is 0 Å². The summed E-state index contributed by atoms with van der Waals surface area (Å²) in [5, 5.41) is 0.983. The normalized spacial score (nSPS) is 12.7. The lowest BCUT2D eigenvalue weighted by molar-refractivity contribution is -0.176. The zero-order valence-corrected chi connectivity index (χ0v) is 13.5. The highest BCUT2D eigenvalue weighted by molar-refractivity contribution is 6.08. The lowest BCUT2D eigenvalue weighted by Crippen LogP contribution is -2.52. The zero-order valence-electron chi connectivity index (χ0n) is 13.5. The van der Waals surface area contributed by atoms with Crippen LogP contribution in [0, 0.1) is 0 Å². The minimum Gasteiger partial charge on any atom is -0.466 e. The maximum Gasteiger partial charge on any atom is 0.471 e. The van der Waals surface area contributed by atoms with Crippen molar-refractivity contribution >= 4 is 28.3 Å². The summed E-state index contributed by atoms with van der Waals surface area (Å²) >= 11 is 0. The molecule has 0 heterocycles. The van der Waals surface area contributed by atoms with Crippen LogP contribution < -0.4 is 4.90 Å². The Hall–Kier alpha value is -2.61. The Morgan fingerprint density at radius 2 is 1.76 bits per heavy atom. The lowest BCUT2D eigenvalue weighted by atomic mass is 10.1. The van der Waals surface area contributed by atoms with Crippen molar-refractivity contribution in [1.82, 2.24) is 0 Å². The number of halogens is 3. The van der Waals surface area contributed by atoms with Crippen molar-refractivity contribution in [2.45, 2.75) is 19.3 Å². The standard InChI is InChI=1S/C17H16F3NO4/c1-3-25-14(15(22)24-2)21(16(23)17(18,19)20)13-10-6-8-11-7-4-5-9-12(11)13/h4-10,14H,3H2,1-2H3/t14-/m0/s1. The molecule has 5 nitrogen and oxygen atoms in total. The Morgan fingerprint density at radius 1 is 1.12 bits per heavy atom. The first-order valence-corrected chi connectivity index (χ1v) is 7.38. The number of ether oxygens (including phenoxy) is 2. The summed E-state index contributed by atoms with van der Waals surface area (Å²) in [5.41, 5.74) is -0.0933. The van der Waals surface area contributed by atoms with Crippen LogP contribution in [0.5, 0.6) is 0 Å². The highest BCUT2D eigenvalue weighted by Crippen LogP contribution is 2.32. The third-order valence-corrected chi connectivity index (χ3v) is 3.45. The number of carbonyl (C=O) groups excluding carboxylic acids is 2. The fourth-order valence-corrected chi connectivity index (χ4v) is 2.40. The van der Waals surface area contributed by atoms with Crippen molar-refractivity contribution in [2.24, 2.45) is 0 Å². The smallest absolute Gasteiger partial charge is 0.466 e. The van der Waals surface area contributed by atoms with Crippen LogP contribution in [0.15, 0.2) is 42.5 Å². The van der Waals surface area contributed by atoms with Crippen LogP contribution in [0.3, 0.4) is 0 Å². The molecular weight excluding hydrogens is 339 g/mol. The van der Waals surface area contributed by atoms with Crippen LogP contribution in [0.2, 0.25) is 0 Å². The number of carbonyl (C=O) groups is 2. The Morgan fingerprint density at radius 3 is 2.36 bits per heavy atom. The fourth-order valence-electron chi connectivity index (χ4n) is 2.40. The van der Waals surface area contributed by atoms with E-state index in [1.807, 2.05) is 0 Å². The molecule has 2 aromatic rings. The van der Waals surface area contributed by atoms with Gasteiger partial charge in [0.15, 0.2) is 0 Å². The highest BCUT2D eigenvalue weighted by atomic mass is 19.4. The molecule has 2 aromatic carbocycles. The van der Waals surface area contributed by atoms with Gasteiger partial charge in [-0.3, -0.25) is 9.69 Å². The number of amides is 1. The summed E-state index contributed by atoms with van der Waals surface area (Å²) in [5.74, 6) is -3.32. The van der Waals surface area contributed by atoms with Gasteiger partial charge in [0.2, 0.25) is 6.23 Å². The number of fused-ring (bicyclic) bond motifs is 1. The molecule has 0 N–H and O–H groups in total. The average Bonchev–Trinajstić information content (AvgIpc) is 2.59. The molecule has 0 unspecified atom stereocenters. The molecule has 0 aliphatic carbocycles. The molecule has 0 saturated heterocycles. The van der Waals surface area contributed by atoms with Gasteiger partial charge in [-0.25, -0.2) is 4.79 Å². The van der Waals surface area contributed by atoms with Crippen molar-refractivity contribution in [1.29, 1.82) is 0 Å². The van der Waals surface area contributed by atoms with E-state index in [0.29, 0.717) is 10.8 Å². The fraction of sp³-hybridized carbons (Fsp3) is 0.294.